The molecular weight excluding hydrogens is 325 g/mol. The molecule has 1 heterocycles. The van der Waals surface area contributed by atoms with Crippen molar-refractivity contribution in [1.29, 1.82) is 0 Å². The molecule has 1 aromatic carbocycles. The molecule has 3 nitrogen and oxygen atoms in total. The van der Waals surface area contributed by atoms with Crippen LogP contribution in [0.3, 0.4) is 0 Å². The Kier molecular flexibility index (Phi) is 4.56. The number of hydrogen-bond acceptors (Lipinski definition) is 2. The summed E-state index contributed by atoms with van der Waals surface area (Å²) in [6, 6.07) is 8.37. The van der Waals surface area contributed by atoms with Gasteiger partial charge in [-0.05, 0) is 47.2 Å². The fraction of sp³-hybridized carbons (Fsp3) is 0.308. The first-order valence-corrected chi connectivity index (χ1v) is 6.88. The minimum Gasteiger partial charge on any atom is -0.313 e. The van der Waals surface area contributed by atoms with Gasteiger partial charge in [0, 0.05) is 12.7 Å². The van der Waals surface area contributed by atoms with Gasteiger partial charge in [0.15, 0.2) is 0 Å². The summed E-state index contributed by atoms with van der Waals surface area (Å²) in [5, 5.41) is 7.78. The van der Waals surface area contributed by atoms with Crippen LogP contribution >= 0.6 is 22.6 Å². The van der Waals surface area contributed by atoms with Gasteiger partial charge < -0.3 is 5.32 Å². The zero-order chi connectivity index (χ0) is 12.1. The number of halogens is 1. The van der Waals surface area contributed by atoms with Gasteiger partial charge in [-0.2, -0.15) is 5.10 Å². The minimum atomic E-state index is 0.889. The molecule has 90 valence electrons. The van der Waals surface area contributed by atoms with E-state index in [4.69, 9.17) is 0 Å². The van der Waals surface area contributed by atoms with Crippen LogP contribution in [0.15, 0.2) is 36.7 Å². The first-order valence-electron chi connectivity index (χ1n) is 5.80. The number of benzene rings is 1. The maximum absolute atomic E-state index is 4.36. The van der Waals surface area contributed by atoms with E-state index in [9.17, 15) is 0 Å². The standard InChI is InChI=1S/C13H16IN3/c1-2-7-15-8-11-5-3-4-6-13(11)17-10-12(14)9-16-17/h3-6,9-10,15H,2,7-8H2,1H3. The number of rotatable bonds is 5. The molecule has 17 heavy (non-hydrogen) atoms. The van der Waals surface area contributed by atoms with E-state index in [0.29, 0.717) is 0 Å². The largest absolute Gasteiger partial charge is 0.313 e. The Morgan fingerprint density at radius 1 is 1.35 bits per heavy atom. The molecule has 0 saturated heterocycles. The second-order valence-electron chi connectivity index (χ2n) is 3.91. The van der Waals surface area contributed by atoms with Crippen molar-refractivity contribution in [1.82, 2.24) is 15.1 Å². The van der Waals surface area contributed by atoms with E-state index in [1.165, 1.54) is 5.56 Å². The Morgan fingerprint density at radius 3 is 2.88 bits per heavy atom. The van der Waals surface area contributed by atoms with Crippen molar-refractivity contribution >= 4 is 22.6 Å². The zero-order valence-electron chi connectivity index (χ0n) is 9.86. The molecule has 0 spiro atoms. The van der Waals surface area contributed by atoms with Crippen molar-refractivity contribution in [2.45, 2.75) is 19.9 Å². The second kappa shape index (κ2) is 6.16. The highest BCUT2D eigenvalue weighted by Gasteiger charge is 2.04. The molecule has 2 aromatic rings. The molecule has 0 aliphatic heterocycles. The van der Waals surface area contributed by atoms with Crippen LogP contribution in [-0.2, 0) is 6.54 Å². The van der Waals surface area contributed by atoms with Gasteiger partial charge in [0.1, 0.15) is 0 Å². The fourth-order valence-electron chi connectivity index (χ4n) is 1.72. The van der Waals surface area contributed by atoms with Crippen molar-refractivity contribution in [3.05, 3.63) is 45.8 Å². The molecule has 0 saturated carbocycles. The number of aromatic nitrogens is 2. The molecule has 0 unspecified atom stereocenters. The van der Waals surface area contributed by atoms with Crippen molar-refractivity contribution < 1.29 is 0 Å². The molecular formula is C13H16IN3. The predicted molar refractivity (Wildman–Crippen MR) is 78.3 cm³/mol. The van der Waals surface area contributed by atoms with E-state index in [1.54, 1.807) is 0 Å². The Hall–Kier alpha value is -0.880. The highest BCUT2D eigenvalue weighted by molar-refractivity contribution is 14.1. The monoisotopic (exact) mass is 341 g/mol. The molecule has 2 rings (SSSR count). The molecule has 4 heteroatoms. The zero-order valence-corrected chi connectivity index (χ0v) is 12.0. The molecule has 0 aliphatic carbocycles. The smallest absolute Gasteiger partial charge is 0.0690 e. The van der Waals surface area contributed by atoms with Crippen molar-refractivity contribution in [2.75, 3.05) is 6.54 Å². The summed E-state index contributed by atoms with van der Waals surface area (Å²) in [4.78, 5) is 0. The van der Waals surface area contributed by atoms with Crippen molar-refractivity contribution in [3.63, 3.8) is 0 Å². The van der Waals surface area contributed by atoms with Gasteiger partial charge in [0.05, 0.1) is 15.5 Å². The third-order valence-electron chi connectivity index (χ3n) is 2.53. The first kappa shape index (κ1) is 12.6. The van der Waals surface area contributed by atoms with Gasteiger partial charge >= 0.3 is 0 Å². The van der Waals surface area contributed by atoms with Crippen LogP contribution in [0, 0.1) is 3.57 Å². The van der Waals surface area contributed by atoms with Crippen LogP contribution in [0.4, 0.5) is 0 Å². The van der Waals surface area contributed by atoms with Crippen molar-refractivity contribution in [3.8, 4) is 5.69 Å². The first-order chi connectivity index (χ1) is 8.31. The topological polar surface area (TPSA) is 29.9 Å². The van der Waals surface area contributed by atoms with Gasteiger partial charge in [-0.15, -0.1) is 0 Å². The molecule has 1 N–H and O–H groups in total. The van der Waals surface area contributed by atoms with Crippen LogP contribution in [0.1, 0.15) is 18.9 Å². The third-order valence-corrected chi connectivity index (χ3v) is 3.09. The maximum atomic E-state index is 4.36. The minimum absolute atomic E-state index is 0.889. The van der Waals surface area contributed by atoms with E-state index in [1.807, 2.05) is 23.1 Å². The number of hydrogen-bond donors (Lipinski definition) is 1. The quantitative estimate of drug-likeness (QED) is 0.669. The SMILES string of the molecule is CCCNCc1ccccc1-n1cc(I)cn1. The van der Waals surface area contributed by atoms with Crippen LogP contribution in [0.2, 0.25) is 0 Å². The van der Waals surface area contributed by atoms with Gasteiger partial charge in [-0.25, -0.2) is 4.68 Å². The van der Waals surface area contributed by atoms with E-state index in [2.05, 4.69) is 58.1 Å². The summed E-state index contributed by atoms with van der Waals surface area (Å²) in [6.07, 6.45) is 5.07. The van der Waals surface area contributed by atoms with Gasteiger partial charge in [-0.3, -0.25) is 0 Å². The molecule has 0 atom stereocenters. The molecule has 0 bridgehead atoms. The van der Waals surface area contributed by atoms with Crippen LogP contribution in [0.5, 0.6) is 0 Å². The van der Waals surface area contributed by atoms with Crippen LogP contribution in [0.25, 0.3) is 5.69 Å². The summed E-state index contributed by atoms with van der Waals surface area (Å²) in [5.41, 5.74) is 2.43. The highest BCUT2D eigenvalue weighted by atomic mass is 127. The normalized spacial score (nSPS) is 10.7. The Morgan fingerprint density at radius 2 is 2.18 bits per heavy atom. The lowest BCUT2D eigenvalue weighted by molar-refractivity contribution is 0.670. The van der Waals surface area contributed by atoms with E-state index in [-0.39, 0.29) is 0 Å². The molecule has 0 fully saturated rings. The lowest BCUT2D eigenvalue weighted by Gasteiger charge is -2.09. The third kappa shape index (κ3) is 3.29. The maximum Gasteiger partial charge on any atom is 0.0690 e. The molecule has 1 aromatic heterocycles. The van der Waals surface area contributed by atoms with Crippen LogP contribution < -0.4 is 5.32 Å². The molecule has 0 amide bonds. The Labute approximate surface area is 115 Å². The van der Waals surface area contributed by atoms with E-state index < -0.39 is 0 Å². The van der Waals surface area contributed by atoms with Gasteiger partial charge in [-0.1, -0.05) is 25.1 Å². The number of para-hydroxylation sites is 1. The van der Waals surface area contributed by atoms with Gasteiger partial charge in [0.2, 0.25) is 0 Å². The summed E-state index contributed by atoms with van der Waals surface area (Å²) >= 11 is 2.27. The van der Waals surface area contributed by atoms with E-state index >= 15 is 0 Å². The summed E-state index contributed by atoms with van der Waals surface area (Å²) in [6.45, 7) is 4.11. The Balaban J connectivity index is 2.21. The summed E-state index contributed by atoms with van der Waals surface area (Å²) in [7, 11) is 0. The van der Waals surface area contributed by atoms with Crippen LogP contribution in [-0.4, -0.2) is 16.3 Å². The summed E-state index contributed by atoms with van der Waals surface area (Å²) in [5.74, 6) is 0. The van der Waals surface area contributed by atoms with Gasteiger partial charge in [0.25, 0.3) is 0 Å². The summed E-state index contributed by atoms with van der Waals surface area (Å²) < 4.78 is 3.09. The average Bonchev–Trinajstić information content (AvgIpc) is 2.77. The number of nitrogens with one attached hydrogen (secondary N) is 1. The average molecular weight is 341 g/mol. The highest BCUT2D eigenvalue weighted by Crippen LogP contribution is 2.15. The lowest BCUT2D eigenvalue weighted by Crippen LogP contribution is -2.15. The van der Waals surface area contributed by atoms with Crippen molar-refractivity contribution in [2.24, 2.45) is 0 Å². The predicted octanol–water partition coefficient (Wildman–Crippen LogP) is 2.98. The molecule has 0 radical (unpaired) electrons. The Bertz CT molecular complexity index is 479. The fourth-order valence-corrected chi connectivity index (χ4v) is 2.10. The number of nitrogens with zero attached hydrogens (tertiary/aromatic N) is 2. The second-order valence-corrected chi connectivity index (χ2v) is 5.15. The van der Waals surface area contributed by atoms with E-state index in [0.717, 1.165) is 28.8 Å². The molecule has 0 aliphatic rings. The lowest BCUT2D eigenvalue weighted by atomic mass is 10.2.